The Morgan fingerprint density at radius 2 is 1.78 bits per heavy atom. The van der Waals surface area contributed by atoms with Crippen LogP contribution in [-0.4, -0.2) is 16.3 Å². The van der Waals surface area contributed by atoms with Gasteiger partial charge >= 0.3 is 0 Å². The average Bonchev–Trinajstić information content (AvgIpc) is 2.46. The van der Waals surface area contributed by atoms with Crippen molar-refractivity contribution < 1.29 is 14.9 Å². The number of aromatic hydroxyl groups is 2. The van der Waals surface area contributed by atoms with E-state index < -0.39 is 0 Å². The van der Waals surface area contributed by atoms with Gasteiger partial charge in [-0.2, -0.15) is 0 Å². The molecule has 0 bridgehead atoms. The fourth-order valence-corrected chi connectivity index (χ4v) is 6.06. The minimum atomic E-state index is -0.0825. The first-order valence-electron chi connectivity index (χ1n) is 9.03. The Balaban J connectivity index is 1.72. The van der Waals surface area contributed by atoms with Crippen molar-refractivity contribution in [3.8, 4) is 17.2 Å². The topological polar surface area (TPSA) is 49.7 Å². The lowest BCUT2D eigenvalue weighted by atomic mass is 9.47. The predicted molar refractivity (Wildman–Crippen MR) is 89.8 cm³/mol. The molecule has 1 aromatic rings. The molecule has 1 unspecified atom stereocenters. The first-order chi connectivity index (χ1) is 10.8. The van der Waals surface area contributed by atoms with Crippen molar-refractivity contribution >= 4 is 0 Å². The largest absolute Gasteiger partial charge is 0.504 e. The molecule has 4 rings (SSSR count). The molecule has 0 saturated heterocycles. The summed E-state index contributed by atoms with van der Waals surface area (Å²) in [4.78, 5) is 0. The summed E-state index contributed by atoms with van der Waals surface area (Å²) < 4.78 is 6.28. The Bertz CT molecular complexity index is 636. The normalized spacial score (nSPS) is 38.0. The molecule has 4 atom stereocenters. The SMILES string of the molecule is CC1(C)CCC[C@]2(C)C3Cc4cc(O)c(O)cc4O[C@H]3CC[C@@H]12. The van der Waals surface area contributed by atoms with Crippen LogP contribution >= 0.6 is 0 Å². The van der Waals surface area contributed by atoms with Gasteiger partial charge in [-0.3, -0.25) is 0 Å². The van der Waals surface area contributed by atoms with Crippen LogP contribution in [0.4, 0.5) is 0 Å². The maximum atomic E-state index is 9.85. The van der Waals surface area contributed by atoms with Gasteiger partial charge in [-0.05, 0) is 60.5 Å². The second-order valence-corrected chi connectivity index (χ2v) is 8.89. The van der Waals surface area contributed by atoms with Crippen molar-refractivity contribution in [1.29, 1.82) is 0 Å². The predicted octanol–water partition coefficient (Wildman–Crippen LogP) is 4.64. The van der Waals surface area contributed by atoms with Crippen molar-refractivity contribution in [2.45, 2.75) is 65.4 Å². The number of benzene rings is 1. The standard InChI is InChI=1S/C20H28O3/c1-19(2)7-4-8-20(3)13-9-12-10-14(21)15(22)11-17(12)23-16(13)5-6-18(19)20/h10-11,13,16,18,21-22H,4-9H2,1-3H3/t13?,16-,18-,20+/m0/s1. The molecule has 2 fully saturated rings. The van der Waals surface area contributed by atoms with Gasteiger partial charge in [-0.25, -0.2) is 0 Å². The van der Waals surface area contributed by atoms with Crippen molar-refractivity contribution in [2.24, 2.45) is 22.7 Å². The van der Waals surface area contributed by atoms with E-state index in [9.17, 15) is 10.2 Å². The molecule has 2 N–H and O–H groups in total. The third-order valence-corrected chi connectivity index (χ3v) is 7.19. The van der Waals surface area contributed by atoms with Crippen LogP contribution in [0, 0.1) is 22.7 Å². The minimum Gasteiger partial charge on any atom is -0.504 e. The summed E-state index contributed by atoms with van der Waals surface area (Å²) in [5.41, 5.74) is 1.78. The fourth-order valence-electron chi connectivity index (χ4n) is 6.06. The first-order valence-corrected chi connectivity index (χ1v) is 9.03. The summed E-state index contributed by atoms with van der Waals surface area (Å²) in [7, 11) is 0. The van der Waals surface area contributed by atoms with Gasteiger partial charge in [0, 0.05) is 12.0 Å². The van der Waals surface area contributed by atoms with Crippen LogP contribution in [-0.2, 0) is 6.42 Å². The van der Waals surface area contributed by atoms with Gasteiger partial charge in [0.15, 0.2) is 11.5 Å². The number of ether oxygens (including phenoxy) is 1. The van der Waals surface area contributed by atoms with E-state index in [-0.39, 0.29) is 17.6 Å². The molecule has 3 heteroatoms. The minimum absolute atomic E-state index is 0.0349. The molecule has 1 aromatic carbocycles. The number of fused-ring (bicyclic) bond motifs is 4. The second-order valence-electron chi connectivity index (χ2n) is 8.89. The van der Waals surface area contributed by atoms with E-state index >= 15 is 0 Å². The van der Waals surface area contributed by atoms with Crippen LogP contribution in [0.1, 0.15) is 58.4 Å². The summed E-state index contributed by atoms with van der Waals surface area (Å²) in [6, 6.07) is 3.28. The highest BCUT2D eigenvalue weighted by atomic mass is 16.5. The second kappa shape index (κ2) is 4.81. The lowest BCUT2D eigenvalue weighted by molar-refractivity contribution is -0.121. The van der Waals surface area contributed by atoms with Gasteiger partial charge in [-0.15, -0.1) is 0 Å². The van der Waals surface area contributed by atoms with Crippen LogP contribution < -0.4 is 4.74 Å². The van der Waals surface area contributed by atoms with Crippen molar-refractivity contribution in [3.05, 3.63) is 17.7 Å². The van der Waals surface area contributed by atoms with Gasteiger partial charge in [0.05, 0.1) is 0 Å². The highest BCUT2D eigenvalue weighted by Gasteiger charge is 2.56. The highest BCUT2D eigenvalue weighted by molar-refractivity contribution is 5.50. The van der Waals surface area contributed by atoms with Crippen molar-refractivity contribution in [3.63, 3.8) is 0 Å². The molecule has 126 valence electrons. The number of phenolic OH excluding ortho intramolecular Hbond substituents is 2. The molecule has 0 radical (unpaired) electrons. The van der Waals surface area contributed by atoms with Crippen molar-refractivity contribution in [1.82, 2.24) is 0 Å². The van der Waals surface area contributed by atoms with Crippen molar-refractivity contribution in [2.75, 3.05) is 0 Å². The van der Waals surface area contributed by atoms with E-state index in [1.165, 1.54) is 25.7 Å². The molecule has 0 spiro atoms. The molecule has 2 saturated carbocycles. The van der Waals surface area contributed by atoms with Crippen LogP contribution in [0.3, 0.4) is 0 Å². The monoisotopic (exact) mass is 316 g/mol. The third kappa shape index (κ3) is 2.15. The highest BCUT2D eigenvalue weighted by Crippen LogP contribution is 2.62. The summed E-state index contributed by atoms with van der Waals surface area (Å²) in [5, 5.41) is 19.6. The van der Waals surface area contributed by atoms with E-state index in [0.717, 1.165) is 30.1 Å². The lowest BCUT2D eigenvalue weighted by Gasteiger charge is -2.60. The van der Waals surface area contributed by atoms with Gasteiger partial charge < -0.3 is 14.9 Å². The summed E-state index contributed by atoms with van der Waals surface area (Å²) in [5.74, 6) is 1.91. The first kappa shape index (κ1) is 15.2. The summed E-state index contributed by atoms with van der Waals surface area (Å²) in [6.45, 7) is 7.36. The maximum Gasteiger partial charge on any atom is 0.161 e. The Morgan fingerprint density at radius 3 is 2.57 bits per heavy atom. The Hall–Kier alpha value is -1.38. The third-order valence-electron chi connectivity index (χ3n) is 7.19. The molecule has 23 heavy (non-hydrogen) atoms. The molecular formula is C20H28O3. The van der Waals surface area contributed by atoms with E-state index in [2.05, 4.69) is 20.8 Å². The van der Waals surface area contributed by atoms with Gasteiger partial charge in [0.25, 0.3) is 0 Å². The molecular weight excluding hydrogens is 288 g/mol. The number of hydrogen-bond acceptors (Lipinski definition) is 3. The number of hydrogen-bond donors (Lipinski definition) is 2. The van der Waals surface area contributed by atoms with Crippen LogP contribution in [0.5, 0.6) is 17.2 Å². The Labute approximate surface area is 138 Å². The smallest absolute Gasteiger partial charge is 0.161 e. The molecule has 3 nitrogen and oxygen atoms in total. The van der Waals surface area contributed by atoms with Gasteiger partial charge in [-0.1, -0.05) is 27.2 Å². The molecule has 3 aliphatic rings. The lowest BCUT2D eigenvalue weighted by Crippen LogP contribution is -2.56. The average molecular weight is 316 g/mol. The summed E-state index contributed by atoms with van der Waals surface area (Å²) >= 11 is 0. The molecule has 0 amide bonds. The molecule has 0 aromatic heterocycles. The molecule has 2 aliphatic carbocycles. The maximum absolute atomic E-state index is 9.85. The Morgan fingerprint density at radius 1 is 1.04 bits per heavy atom. The van der Waals surface area contributed by atoms with Gasteiger partial charge in [0.1, 0.15) is 11.9 Å². The van der Waals surface area contributed by atoms with Crippen LogP contribution in [0.2, 0.25) is 0 Å². The number of phenols is 2. The van der Waals surface area contributed by atoms with Crippen LogP contribution in [0.15, 0.2) is 12.1 Å². The van der Waals surface area contributed by atoms with E-state index in [1.807, 2.05) is 0 Å². The molecule has 1 aliphatic heterocycles. The van der Waals surface area contributed by atoms with Crippen LogP contribution in [0.25, 0.3) is 0 Å². The zero-order chi connectivity index (χ0) is 16.4. The van der Waals surface area contributed by atoms with E-state index in [0.29, 0.717) is 16.7 Å². The summed E-state index contributed by atoms with van der Waals surface area (Å²) in [6.07, 6.45) is 7.47. The molecule has 1 heterocycles. The Kier molecular flexibility index (Phi) is 3.17. The fraction of sp³-hybridized carbons (Fsp3) is 0.700. The van der Waals surface area contributed by atoms with Gasteiger partial charge in [0.2, 0.25) is 0 Å². The number of rotatable bonds is 0. The zero-order valence-electron chi connectivity index (χ0n) is 14.4. The quantitative estimate of drug-likeness (QED) is 0.685. The van der Waals surface area contributed by atoms with E-state index in [4.69, 9.17) is 4.74 Å². The zero-order valence-corrected chi connectivity index (χ0v) is 14.4. The van der Waals surface area contributed by atoms with E-state index in [1.54, 1.807) is 12.1 Å².